The van der Waals surface area contributed by atoms with Gasteiger partial charge < -0.3 is 5.11 Å². The number of aromatic hydroxyl groups is 1. The van der Waals surface area contributed by atoms with Crippen LogP contribution in [0.3, 0.4) is 0 Å². The first-order valence-electron chi connectivity index (χ1n) is 8.34. The van der Waals surface area contributed by atoms with Crippen LogP contribution in [0.1, 0.15) is 25.2 Å². The number of hydrogen-bond donors (Lipinski definition) is 1. The van der Waals surface area contributed by atoms with Crippen molar-refractivity contribution in [1.82, 2.24) is 24.9 Å². The zero-order chi connectivity index (χ0) is 19.8. The molecule has 144 valence electrons. The van der Waals surface area contributed by atoms with E-state index >= 15 is 0 Å². The van der Waals surface area contributed by atoms with Gasteiger partial charge in [0.05, 0.1) is 33.2 Å². The average Bonchev–Trinajstić information content (AvgIpc) is 3.09. The largest absolute Gasteiger partial charge is 0.504 e. The van der Waals surface area contributed by atoms with Gasteiger partial charge in [-0.3, -0.25) is 4.90 Å². The van der Waals surface area contributed by atoms with Crippen LogP contribution < -0.4 is 0 Å². The molecule has 0 saturated carbocycles. The number of phenols is 1. The fourth-order valence-corrected chi connectivity index (χ4v) is 3.18. The van der Waals surface area contributed by atoms with Crippen LogP contribution in [0, 0.1) is 0 Å². The maximum absolute atomic E-state index is 13.1. The molecule has 0 aliphatic carbocycles. The zero-order valence-corrected chi connectivity index (χ0v) is 16.8. The van der Waals surface area contributed by atoms with Crippen molar-refractivity contribution in [3.8, 4) is 5.75 Å². The van der Waals surface area contributed by atoms with Crippen molar-refractivity contribution in [2.24, 2.45) is 0 Å². The minimum Gasteiger partial charge on any atom is -0.504 e. The first kappa shape index (κ1) is 19.8. The van der Waals surface area contributed by atoms with E-state index in [0.29, 0.717) is 29.0 Å². The monoisotopic (exact) mass is 411 g/mol. The molecule has 9 heteroatoms. The van der Waals surface area contributed by atoms with Crippen LogP contribution in [-0.2, 0) is 18.6 Å². The van der Waals surface area contributed by atoms with E-state index < -0.39 is 12.2 Å². The molecule has 0 aliphatic heterocycles. The third kappa shape index (κ3) is 4.15. The Morgan fingerprint density at radius 1 is 1.19 bits per heavy atom. The molecular formula is C18H20Cl2FN5O. The Hall–Kier alpha value is -1.96. The molecule has 3 rings (SSSR count). The van der Waals surface area contributed by atoms with Crippen LogP contribution >= 0.6 is 23.2 Å². The first-order chi connectivity index (χ1) is 12.7. The summed E-state index contributed by atoms with van der Waals surface area (Å²) in [5.41, 5.74) is 1.12. The van der Waals surface area contributed by atoms with Crippen molar-refractivity contribution in [1.29, 1.82) is 0 Å². The second-order valence-corrected chi connectivity index (χ2v) is 7.97. The van der Waals surface area contributed by atoms with Crippen LogP contribution in [-0.4, -0.2) is 43.7 Å². The Balaban J connectivity index is 1.76. The molecule has 0 bridgehead atoms. The van der Waals surface area contributed by atoms with Crippen LogP contribution in [0.25, 0.3) is 10.9 Å². The molecule has 1 aromatic carbocycles. The van der Waals surface area contributed by atoms with E-state index in [4.69, 9.17) is 23.2 Å². The minimum absolute atomic E-state index is 0.0861. The second kappa shape index (κ2) is 7.58. The van der Waals surface area contributed by atoms with Crippen molar-refractivity contribution in [2.45, 2.75) is 32.5 Å². The second-order valence-electron chi connectivity index (χ2n) is 7.16. The number of alkyl halides is 1. The van der Waals surface area contributed by atoms with Gasteiger partial charge in [0.2, 0.25) is 0 Å². The van der Waals surface area contributed by atoms with E-state index in [2.05, 4.69) is 15.3 Å². The highest BCUT2D eigenvalue weighted by Crippen LogP contribution is 2.36. The highest BCUT2D eigenvalue weighted by Gasteiger charge is 2.22. The molecule has 3 aromatic rings. The van der Waals surface area contributed by atoms with Gasteiger partial charge in [0, 0.05) is 18.5 Å². The van der Waals surface area contributed by atoms with Gasteiger partial charge in [-0.1, -0.05) is 28.4 Å². The smallest absolute Gasteiger partial charge is 0.160 e. The molecule has 6 nitrogen and oxygen atoms in total. The standard InChI is InChI=1S/C18H20Cl2FN5O/c1-18(2,10-21)26-9-12(23-24-26)8-25(3)7-11-4-5-13-14(19)6-15(20)17(27)16(13)22-11/h4-6,9,27H,7-8,10H2,1-3H3. The summed E-state index contributed by atoms with van der Waals surface area (Å²) in [6, 6.07) is 5.15. The third-order valence-electron chi connectivity index (χ3n) is 4.27. The summed E-state index contributed by atoms with van der Waals surface area (Å²) in [7, 11) is 1.91. The number of rotatable bonds is 6. The summed E-state index contributed by atoms with van der Waals surface area (Å²) in [5.74, 6) is -0.0861. The molecule has 2 aromatic heterocycles. The molecule has 0 amide bonds. The van der Waals surface area contributed by atoms with Gasteiger partial charge >= 0.3 is 0 Å². The number of benzene rings is 1. The summed E-state index contributed by atoms with van der Waals surface area (Å²) < 4.78 is 14.6. The number of nitrogens with zero attached hydrogens (tertiary/aromatic N) is 5. The van der Waals surface area contributed by atoms with Gasteiger partial charge in [0.1, 0.15) is 12.2 Å². The van der Waals surface area contributed by atoms with E-state index in [0.717, 1.165) is 11.4 Å². The molecule has 0 unspecified atom stereocenters. The molecule has 0 radical (unpaired) electrons. The van der Waals surface area contributed by atoms with Crippen LogP contribution in [0.15, 0.2) is 24.4 Å². The van der Waals surface area contributed by atoms with Gasteiger partial charge in [0.25, 0.3) is 0 Å². The Morgan fingerprint density at radius 2 is 1.89 bits per heavy atom. The Labute approximate surface area is 166 Å². The lowest BCUT2D eigenvalue weighted by Gasteiger charge is -2.20. The number of aromatic nitrogens is 4. The summed E-state index contributed by atoms with van der Waals surface area (Å²) in [6.07, 6.45) is 1.75. The van der Waals surface area contributed by atoms with E-state index in [1.165, 1.54) is 10.7 Å². The highest BCUT2D eigenvalue weighted by molar-refractivity contribution is 6.39. The SMILES string of the molecule is CN(Cc1cn(C(C)(C)CF)nn1)Cc1ccc2c(Cl)cc(Cl)c(O)c2n1. The molecule has 1 N–H and O–H groups in total. The van der Waals surface area contributed by atoms with Gasteiger partial charge in [-0.2, -0.15) is 0 Å². The average molecular weight is 412 g/mol. The fraction of sp³-hybridized carbons (Fsp3) is 0.389. The zero-order valence-electron chi connectivity index (χ0n) is 15.2. The Bertz CT molecular complexity index is 976. The predicted octanol–water partition coefficient (Wildman–Crippen LogP) is 4.18. The van der Waals surface area contributed by atoms with E-state index in [-0.39, 0.29) is 10.8 Å². The van der Waals surface area contributed by atoms with Crippen molar-refractivity contribution >= 4 is 34.1 Å². The number of hydrogen-bond acceptors (Lipinski definition) is 5. The summed E-state index contributed by atoms with van der Waals surface area (Å²) >= 11 is 12.1. The molecular weight excluding hydrogens is 392 g/mol. The lowest BCUT2D eigenvalue weighted by Crippen LogP contribution is -2.29. The maximum atomic E-state index is 13.1. The lowest BCUT2D eigenvalue weighted by atomic mass is 10.1. The molecule has 0 fully saturated rings. The Morgan fingerprint density at radius 3 is 2.59 bits per heavy atom. The van der Waals surface area contributed by atoms with Gasteiger partial charge in [-0.25, -0.2) is 14.1 Å². The predicted molar refractivity (Wildman–Crippen MR) is 104 cm³/mol. The third-order valence-corrected chi connectivity index (χ3v) is 4.87. The van der Waals surface area contributed by atoms with Crippen LogP contribution in [0.5, 0.6) is 5.75 Å². The van der Waals surface area contributed by atoms with Crippen LogP contribution in [0.4, 0.5) is 4.39 Å². The molecule has 0 spiro atoms. The maximum Gasteiger partial charge on any atom is 0.160 e. The number of phenolic OH excluding ortho intramolecular Hbond substituents is 1. The molecule has 0 aliphatic rings. The number of fused-ring (bicyclic) bond motifs is 1. The van der Waals surface area contributed by atoms with Crippen LogP contribution in [0.2, 0.25) is 10.0 Å². The quantitative estimate of drug-likeness (QED) is 0.658. The summed E-state index contributed by atoms with van der Waals surface area (Å²) in [6.45, 7) is 4.03. The van der Waals surface area contributed by atoms with E-state index in [1.807, 2.05) is 24.1 Å². The van der Waals surface area contributed by atoms with E-state index in [1.54, 1.807) is 20.0 Å². The number of halogens is 3. The lowest BCUT2D eigenvalue weighted by molar-refractivity contribution is 0.232. The van der Waals surface area contributed by atoms with Crippen molar-refractivity contribution in [3.05, 3.63) is 45.8 Å². The van der Waals surface area contributed by atoms with Gasteiger partial charge in [0.15, 0.2) is 5.75 Å². The highest BCUT2D eigenvalue weighted by atomic mass is 35.5. The van der Waals surface area contributed by atoms with Crippen molar-refractivity contribution < 1.29 is 9.50 Å². The molecule has 2 heterocycles. The van der Waals surface area contributed by atoms with Gasteiger partial charge in [-0.15, -0.1) is 5.10 Å². The number of pyridine rings is 1. The first-order valence-corrected chi connectivity index (χ1v) is 9.09. The fourth-order valence-electron chi connectivity index (χ4n) is 2.67. The summed E-state index contributed by atoms with van der Waals surface area (Å²) in [4.78, 5) is 6.48. The summed E-state index contributed by atoms with van der Waals surface area (Å²) in [5, 5.41) is 19.5. The van der Waals surface area contributed by atoms with Crippen molar-refractivity contribution in [2.75, 3.05) is 13.7 Å². The Kier molecular flexibility index (Phi) is 5.55. The van der Waals surface area contributed by atoms with E-state index in [9.17, 15) is 9.50 Å². The molecule has 27 heavy (non-hydrogen) atoms. The van der Waals surface area contributed by atoms with Gasteiger partial charge in [-0.05, 0) is 39.1 Å². The molecule has 0 atom stereocenters. The normalized spacial score (nSPS) is 12.3. The van der Waals surface area contributed by atoms with Crippen molar-refractivity contribution in [3.63, 3.8) is 0 Å². The molecule has 0 saturated heterocycles. The topological polar surface area (TPSA) is 67.1 Å². The minimum atomic E-state index is -0.722.